The minimum absolute atomic E-state index is 0.0965. The molecule has 80 valence electrons. The van der Waals surface area contributed by atoms with Crippen LogP contribution < -0.4 is 5.73 Å². The van der Waals surface area contributed by atoms with E-state index in [-0.39, 0.29) is 11.9 Å². The smallest absolute Gasteiger partial charge is 0.124 e. The van der Waals surface area contributed by atoms with Crippen molar-refractivity contribution in [3.8, 4) is 11.8 Å². The topological polar surface area (TPSA) is 26.0 Å². The fourth-order valence-corrected chi connectivity index (χ4v) is 1.96. The summed E-state index contributed by atoms with van der Waals surface area (Å²) in [5.41, 5.74) is 6.89. The summed E-state index contributed by atoms with van der Waals surface area (Å²) in [6, 6.07) is 4.47. The van der Waals surface area contributed by atoms with Crippen LogP contribution in [0.15, 0.2) is 22.7 Å². The van der Waals surface area contributed by atoms with Crippen LogP contribution in [-0.2, 0) is 0 Å². The molecule has 0 aliphatic carbocycles. The molecule has 1 nitrogen and oxygen atoms in total. The molecule has 0 saturated carbocycles. The lowest BCUT2D eigenvalue weighted by Crippen LogP contribution is -2.10. The first-order chi connectivity index (χ1) is 7.15. The van der Waals surface area contributed by atoms with Crippen LogP contribution in [0.2, 0.25) is 0 Å². The molecular formula is C12H13BrFN. The van der Waals surface area contributed by atoms with Gasteiger partial charge in [-0.2, -0.15) is 0 Å². The molecule has 1 aromatic rings. The summed E-state index contributed by atoms with van der Waals surface area (Å²) in [6.45, 7) is 1.80. The maximum atomic E-state index is 12.8. The highest BCUT2D eigenvalue weighted by Gasteiger charge is 2.09. The van der Waals surface area contributed by atoms with Gasteiger partial charge in [0.15, 0.2) is 0 Å². The zero-order chi connectivity index (χ0) is 11.3. The van der Waals surface area contributed by atoms with E-state index in [0.29, 0.717) is 0 Å². The lowest BCUT2D eigenvalue weighted by atomic mass is 10.0. The highest BCUT2D eigenvalue weighted by molar-refractivity contribution is 9.10. The number of halogens is 2. The van der Waals surface area contributed by atoms with E-state index in [1.165, 1.54) is 12.1 Å². The number of rotatable bonds is 3. The minimum Gasteiger partial charge on any atom is -0.324 e. The van der Waals surface area contributed by atoms with Crippen molar-refractivity contribution in [1.82, 2.24) is 0 Å². The van der Waals surface area contributed by atoms with Crippen molar-refractivity contribution in [3.63, 3.8) is 0 Å². The standard InChI is InChI=1S/C12H13BrFN/c1-2-3-4-5-12(15)10-7-6-9(14)8-11(10)13/h6-8,12H,4-5,15H2,1H3. The summed E-state index contributed by atoms with van der Waals surface area (Å²) in [4.78, 5) is 0. The summed E-state index contributed by atoms with van der Waals surface area (Å²) in [6.07, 6.45) is 1.55. The molecular weight excluding hydrogens is 257 g/mol. The lowest BCUT2D eigenvalue weighted by molar-refractivity contribution is 0.619. The van der Waals surface area contributed by atoms with E-state index in [1.54, 1.807) is 13.0 Å². The molecule has 0 radical (unpaired) electrons. The van der Waals surface area contributed by atoms with Gasteiger partial charge in [0.2, 0.25) is 0 Å². The molecule has 2 N–H and O–H groups in total. The van der Waals surface area contributed by atoms with Crippen LogP contribution in [0.3, 0.4) is 0 Å². The zero-order valence-electron chi connectivity index (χ0n) is 8.56. The molecule has 0 spiro atoms. The minimum atomic E-state index is -0.258. The Hall–Kier alpha value is -0.850. The Morgan fingerprint density at radius 1 is 1.53 bits per heavy atom. The van der Waals surface area contributed by atoms with Crippen LogP contribution in [0.4, 0.5) is 4.39 Å². The zero-order valence-corrected chi connectivity index (χ0v) is 10.1. The van der Waals surface area contributed by atoms with Crippen LogP contribution in [0, 0.1) is 17.7 Å². The molecule has 1 rings (SSSR count). The third-order valence-corrected chi connectivity index (χ3v) is 2.81. The third kappa shape index (κ3) is 3.65. The maximum absolute atomic E-state index is 12.8. The van der Waals surface area contributed by atoms with Crippen LogP contribution in [0.1, 0.15) is 31.4 Å². The van der Waals surface area contributed by atoms with E-state index in [4.69, 9.17) is 5.73 Å². The van der Waals surface area contributed by atoms with Crippen LogP contribution in [-0.4, -0.2) is 0 Å². The Balaban J connectivity index is 2.71. The molecule has 15 heavy (non-hydrogen) atoms. The fraction of sp³-hybridized carbons (Fsp3) is 0.333. The normalized spacial score (nSPS) is 11.7. The van der Waals surface area contributed by atoms with Gasteiger partial charge in [0.25, 0.3) is 0 Å². The molecule has 0 aliphatic heterocycles. The molecule has 0 aliphatic rings. The third-order valence-electron chi connectivity index (χ3n) is 2.12. The number of benzene rings is 1. The average molecular weight is 270 g/mol. The summed E-state index contributed by atoms with van der Waals surface area (Å²) in [7, 11) is 0. The number of hydrogen-bond donors (Lipinski definition) is 1. The van der Waals surface area contributed by atoms with E-state index in [1.807, 2.05) is 0 Å². The van der Waals surface area contributed by atoms with E-state index in [2.05, 4.69) is 27.8 Å². The van der Waals surface area contributed by atoms with Crippen molar-refractivity contribution in [1.29, 1.82) is 0 Å². The Kier molecular flexibility index (Phi) is 4.80. The Morgan fingerprint density at radius 2 is 2.27 bits per heavy atom. The quantitative estimate of drug-likeness (QED) is 0.837. The molecule has 0 fully saturated rings. The van der Waals surface area contributed by atoms with Gasteiger partial charge in [-0.15, -0.1) is 11.8 Å². The van der Waals surface area contributed by atoms with Crippen molar-refractivity contribution in [2.45, 2.75) is 25.8 Å². The molecule has 1 atom stereocenters. The van der Waals surface area contributed by atoms with E-state index in [0.717, 1.165) is 22.9 Å². The van der Waals surface area contributed by atoms with Gasteiger partial charge >= 0.3 is 0 Å². The molecule has 0 heterocycles. The molecule has 3 heteroatoms. The van der Waals surface area contributed by atoms with Gasteiger partial charge in [-0.25, -0.2) is 4.39 Å². The van der Waals surface area contributed by atoms with Crippen molar-refractivity contribution in [2.75, 3.05) is 0 Å². The van der Waals surface area contributed by atoms with Gasteiger partial charge in [-0.3, -0.25) is 0 Å². The first-order valence-electron chi connectivity index (χ1n) is 4.75. The van der Waals surface area contributed by atoms with E-state index >= 15 is 0 Å². The predicted molar refractivity (Wildman–Crippen MR) is 63.7 cm³/mol. The second kappa shape index (κ2) is 5.89. The van der Waals surface area contributed by atoms with Gasteiger partial charge in [-0.05, 0) is 31.0 Å². The van der Waals surface area contributed by atoms with Crippen molar-refractivity contribution in [2.24, 2.45) is 5.73 Å². The van der Waals surface area contributed by atoms with Gasteiger partial charge in [-0.1, -0.05) is 22.0 Å². The van der Waals surface area contributed by atoms with E-state index in [9.17, 15) is 4.39 Å². The van der Waals surface area contributed by atoms with Gasteiger partial charge in [0.05, 0.1) is 0 Å². The van der Waals surface area contributed by atoms with Crippen LogP contribution >= 0.6 is 15.9 Å². The molecule has 0 saturated heterocycles. The van der Waals surface area contributed by atoms with Crippen LogP contribution in [0.25, 0.3) is 0 Å². The molecule has 1 unspecified atom stereocenters. The molecule has 1 aromatic carbocycles. The summed E-state index contributed by atoms with van der Waals surface area (Å²) < 4.78 is 13.5. The lowest BCUT2D eigenvalue weighted by Gasteiger charge is -2.12. The Morgan fingerprint density at radius 3 is 2.87 bits per heavy atom. The maximum Gasteiger partial charge on any atom is 0.124 e. The van der Waals surface area contributed by atoms with Gasteiger partial charge < -0.3 is 5.73 Å². The second-order valence-corrected chi connectivity index (χ2v) is 4.09. The summed E-state index contributed by atoms with van der Waals surface area (Å²) in [5, 5.41) is 0. The highest BCUT2D eigenvalue weighted by atomic mass is 79.9. The SMILES string of the molecule is CC#CCCC(N)c1ccc(F)cc1Br. The van der Waals surface area contributed by atoms with Crippen LogP contribution in [0.5, 0.6) is 0 Å². The predicted octanol–water partition coefficient (Wildman–Crippen LogP) is 3.39. The second-order valence-electron chi connectivity index (χ2n) is 3.24. The van der Waals surface area contributed by atoms with Gasteiger partial charge in [0, 0.05) is 16.9 Å². The monoisotopic (exact) mass is 269 g/mol. The van der Waals surface area contributed by atoms with Crippen molar-refractivity contribution >= 4 is 15.9 Å². The highest BCUT2D eigenvalue weighted by Crippen LogP contribution is 2.25. The first-order valence-corrected chi connectivity index (χ1v) is 5.54. The number of nitrogens with two attached hydrogens (primary N) is 1. The van der Waals surface area contributed by atoms with Crippen molar-refractivity contribution in [3.05, 3.63) is 34.1 Å². The Labute approximate surface area is 98.0 Å². The largest absolute Gasteiger partial charge is 0.324 e. The summed E-state index contributed by atoms with van der Waals surface area (Å²) in [5.74, 6) is 5.52. The van der Waals surface area contributed by atoms with Gasteiger partial charge in [0.1, 0.15) is 5.82 Å². The summed E-state index contributed by atoms with van der Waals surface area (Å²) >= 11 is 3.30. The van der Waals surface area contributed by atoms with E-state index < -0.39 is 0 Å². The number of hydrogen-bond acceptors (Lipinski definition) is 1. The fourth-order valence-electron chi connectivity index (χ4n) is 1.31. The average Bonchev–Trinajstić information content (AvgIpc) is 2.17. The molecule has 0 amide bonds. The van der Waals surface area contributed by atoms with Crippen molar-refractivity contribution < 1.29 is 4.39 Å². The first kappa shape index (κ1) is 12.2. The Bertz CT molecular complexity index is 392. The molecule has 0 bridgehead atoms. The molecule has 0 aromatic heterocycles.